The van der Waals surface area contributed by atoms with Crippen LogP contribution in [0, 0.1) is 0 Å². The van der Waals surface area contributed by atoms with Crippen molar-refractivity contribution >= 4 is 47.2 Å². The monoisotopic (exact) mass is 384 g/mol. The van der Waals surface area contributed by atoms with Crippen LogP contribution in [0.15, 0.2) is 42.5 Å². The van der Waals surface area contributed by atoms with Crippen molar-refractivity contribution in [3.8, 4) is 0 Å². The van der Waals surface area contributed by atoms with E-state index in [-0.39, 0.29) is 30.1 Å². The summed E-state index contributed by atoms with van der Waals surface area (Å²) in [7, 11) is 2.09. The number of alkyl halides is 1. The average molecular weight is 386 g/mol. The Labute approximate surface area is 158 Å². The number of likely N-dealkylation sites (N-methyl/N-ethyl adjacent to an activating group) is 1. The Morgan fingerprint density at radius 2 is 1.96 bits per heavy atom. The highest BCUT2D eigenvalue weighted by atomic mass is 35.5. The molecule has 2 aromatic carbocycles. The molecule has 1 atom stereocenters. The van der Waals surface area contributed by atoms with Crippen molar-refractivity contribution < 1.29 is 4.79 Å². The molecule has 0 bridgehead atoms. The molecule has 6 heteroatoms. The summed E-state index contributed by atoms with van der Waals surface area (Å²) in [4.78, 5) is 13.9. The third-order valence-electron chi connectivity index (χ3n) is 4.18. The quantitative estimate of drug-likeness (QED) is 0.788. The summed E-state index contributed by atoms with van der Waals surface area (Å²) in [6.07, 6.45) is 0. The minimum absolute atomic E-state index is 0. The molecular weight excluding hydrogens is 367 g/mol. The van der Waals surface area contributed by atoms with Crippen LogP contribution in [0.25, 0.3) is 0 Å². The zero-order valence-electron chi connectivity index (χ0n) is 13.3. The number of halogens is 3. The summed E-state index contributed by atoms with van der Waals surface area (Å²) < 4.78 is 0. The minimum atomic E-state index is -0.184. The second kappa shape index (κ2) is 8.21. The van der Waals surface area contributed by atoms with E-state index < -0.39 is 0 Å². The number of carbonyl (C=O) groups excluding carboxylic acids is 1. The molecule has 1 heterocycles. The third-order valence-corrected chi connectivity index (χ3v) is 4.67. The lowest BCUT2D eigenvalue weighted by Crippen LogP contribution is -2.32. The Kier molecular flexibility index (Phi) is 6.53. The third kappa shape index (κ3) is 4.04. The van der Waals surface area contributed by atoms with Crippen LogP contribution in [-0.2, 0) is 11.3 Å². The van der Waals surface area contributed by atoms with Gasteiger partial charge in [-0.2, -0.15) is 0 Å². The average Bonchev–Trinajstić information content (AvgIpc) is 2.55. The van der Waals surface area contributed by atoms with Gasteiger partial charge in [-0.15, -0.1) is 24.0 Å². The molecule has 0 aliphatic carbocycles. The summed E-state index contributed by atoms with van der Waals surface area (Å²) in [5.41, 5.74) is 4.47. The topological polar surface area (TPSA) is 32.3 Å². The predicted molar refractivity (Wildman–Crippen MR) is 103 cm³/mol. The molecule has 0 saturated carbocycles. The number of rotatable bonds is 3. The van der Waals surface area contributed by atoms with Crippen molar-refractivity contribution in [1.82, 2.24) is 4.90 Å². The predicted octanol–water partition coefficient (Wildman–Crippen LogP) is 4.52. The van der Waals surface area contributed by atoms with Gasteiger partial charge in [0, 0.05) is 29.7 Å². The molecule has 1 aliphatic heterocycles. The molecule has 0 fully saturated rings. The Balaban J connectivity index is 0.00000208. The lowest BCUT2D eigenvalue weighted by atomic mass is 9.84. The standard InChI is InChI=1S/C18H18Cl2N2O.ClH/c1-22-10-15(12-5-7-13(20)8-6-12)14-3-2-4-17(16(14)11-22)21-18(23)9-19;/h2-8,15H,9-11H2,1H3,(H,21,23);1H. The van der Waals surface area contributed by atoms with Crippen LogP contribution in [0.1, 0.15) is 22.6 Å². The Morgan fingerprint density at radius 1 is 1.25 bits per heavy atom. The maximum absolute atomic E-state index is 11.7. The molecule has 1 N–H and O–H groups in total. The van der Waals surface area contributed by atoms with Gasteiger partial charge in [-0.25, -0.2) is 0 Å². The number of hydrogen-bond donors (Lipinski definition) is 1. The number of benzene rings is 2. The maximum Gasteiger partial charge on any atom is 0.239 e. The molecule has 1 amide bonds. The highest BCUT2D eigenvalue weighted by Crippen LogP contribution is 2.36. The van der Waals surface area contributed by atoms with Crippen LogP contribution < -0.4 is 5.32 Å². The molecule has 0 saturated heterocycles. The summed E-state index contributed by atoms with van der Waals surface area (Å²) in [5, 5.41) is 3.64. The van der Waals surface area contributed by atoms with E-state index in [0.717, 1.165) is 29.4 Å². The number of fused-ring (bicyclic) bond motifs is 1. The highest BCUT2D eigenvalue weighted by molar-refractivity contribution is 6.30. The van der Waals surface area contributed by atoms with Gasteiger partial charge < -0.3 is 10.2 Å². The first-order valence-corrected chi connectivity index (χ1v) is 8.41. The summed E-state index contributed by atoms with van der Waals surface area (Å²) in [6, 6.07) is 14.0. The van der Waals surface area contributed by atoms with Gasteiger partial charge in [0.15, 0.2) is 0 Å². The van der Waals surface area contributed by atoms with E-state index >= 15 is 0 Å². The first-order valence-electron chi connectivity index (χ1n) is 7.50. The molecule has 24 heavy (non-hydrogen) atoms. The fourth-order valence-electron chi connectivity index (χ4n) is 3.13. The van der Waals surface area contributed by atoms with E-state index in [0.29, 0.717) is 0 Å². The Hall–Kier alpha value is -1.26. The Morgan fingerprint density at radius 3 is 2.62 bits per heavy atom. The van der Waals surface area contributed by atoms with Crippen molar-refractivity contribution in [3.05, 3.63) is 64.2 Å². The zero-order valence-corrected chi connectivity index (χ0v) is 15.6. The largest absolute Gasteiger partial charge is 0.325 e. The van der Waals surface area contributed by atoms with Crippen LogP contribution in [0.5, 0.6) is 0 Å². The van der Waals surface area contributed by atoms with E-state index in [1.807, 2.05) is 24.3 Å². The second-order valence-corrected chi connectivity index (χ2v) is 6.56. The van der Waals surface area contributed by atoms with Gasteiger partial charge in [0.25, 0.3) is 0 Å². The van der Waals surface area contributed by atoms with Gasteiger partial charge in [0.2, 0.25) is 5.91 Å². The fourth-order valence-corrected chi connectivity index (χ4v) is 3.33. The number of carbonyl (C=O) groups is 1. The SMILES string of the molecule is CN1Cc2c(NC(=O)CCl)cccc2C(c2ccc(Cl)cc2)C1.Cl. The lowest BCUT2D eigenvalue weighted by molar-refractivity contribution is -0.113. The van der Waals surface area contributed by atoms with E-state index in [4.69, 9.17) is 23.2 Å². The molecule has 3 rings (SSSR count). The normalized spacial score (nSPS) is 16.9. The van der Waals surface area contributed by atoms with Crippen LogP contribution >= 0.6 is 35.6 Å². The number of nitrogens with zero attached hydrogens (tertiary/aromatic N) is 1. The van der Waals surface area contributed by atoms with Crippen molar-refractivity contribution in [2.24, 2.45) is 0 Å². The smallest absolute Gasteiger partial charge is 0.239 e. The van der Waals surface area contributed by atoms with Crippen molar-refractivity contribution in [1.29, 1.82) is 0 Å². The first-order chi connectivity index (χ1) is 11.1. The zero-order chi connectivity index (χ0) is 16.4. The number of nitrogens with one attached hydrogen (secondary N) is 1. The van der Waals surface area contributed by atoms with E-state index in [1.54, 1.807) is 0 Å². The van der Waals surface area contributed by atoms with E-state index in [2.05, 4.69) is 35.5 Å². The summed E-state index contributed by atoms with van der Waals surface area (Å²) >= 11 is 11.6. The Bertz CT molecular complexity index is 719. The van der Waals surface area contributed by atoms with E-state index in [9.17, 15) is 4.79 Å². The second-order valence-electron chi connectivity index (χ2n) is 5.86. The lowest BCUT2D eigenvalue weighted by Gasteiger charge is -2.34. The molecule has 2 aromatic rings. The fraction of sp³-hybridized carbons (Fsp3) is 0.278. The molecule has 3 nitrogen and oxygen atoms in total. The van der Waals surface area contributed by atoms with Crippen LogP contribution in [0.4, 0.5) is 5.69 Å². The number of hydrogen-bond acceptors (Lipinski definition) is 2. The number of anilines is 1. The number of amides is 1. The van der Waals surface area contributed by atoms with Crippen LogP contribution in [0.2, 0.25) is 5.02 Å². The van der Waals surface area contributed by atoms with Gasteiger partial charge in [-0.3, -0.25) is 4.79 Å². The molecule has 128 valence electrons. The van der Waals surface area contributed by atoms with Crippen molar-refractivity contribution in [3.63, 3.8) is 0 Å². The highest BCUT2D eigenvalue weighted by Gasteiger charge is 2.26. The van der Waals surface area contributed by atoms with Gasteiger partial charge in [0.05, 0.1) is 0 Å². The molecule has 0 aromatic heterocycles. The van der Waals surface area contributed by atoms with Crippen LogP contribution in [0.3, 0.4) is 0 Å². The maximum atomic E-state index is 11.7. The van der Waals surface area contributed by atoms with E-state index in [1.165, 1.54) is 11.1 Å². The van der Waals surface area contributed by atoms with Gasteiger partial charge >= 0.3 is 0 Å². The van der Waals surface area contributed by atoms with Gasteiger partial charge in [0.1, 0.15) is 5.88 Å². The first kappa shape index (κ1) is 19.1. The molecule has 0 radical (unpaired) electrons. The van der Waals surface area contributed by atoms with Crippen molar-refractivity contribution in [2.75, 3.05) is 24.8 Å². The van der Waals surface area contributed by atoms with Crippen LogP contribution in [-0.4, -0.2) is 30.3 Å². The summed E-state index contributed by atoms with van der Waals surface area (Å²) in [5.74, 6) is 0.0327. The van der Waals surface area contributed by atoms with Gasteiger partial charge in [-0.1, -0.05) is 35.9 Å². The molecule has 1 unspecified atom stereocenters. The summed E-state index contributed by atoms with van der Waals surface area (Å²) in [6.45, 7) is 1.74. The molecule has 0 spiro atoms. The minimum Gasteiger partial charge on any atom is -0.325 e. The van der Waals surface area contributed by atoms with Crippen molar-refractivity contribution in [2.45, 2.75) is 12.5 Å². The molecule has 1 aliphatic rings. The van der Waals surface area contributed by atoms with Gasteiger partial charge in [-0.05, 0) is 41.9 Å². The molecular formula is C18H19Cl3N2O.